The topological polar surface area (TPSA) is 74.6 Å². The first kappa shape index (κ1) is 13.3. The molecule has 0 aromatic rings. The van der Waals surface area contributed by atoms with Crippen molar-refractivity contribution >= 4 is 11.9 Å². The van der Waals surface area contributed by atoms with Crippen LogP contribution >= 0.6 is 0 Å². The van der Waals surface area contributed by atoms with Crippen molar-refractivity contribution in [2.75, 3.05) is 0 Å². The van der Waals surface area contributed by atoms with E-state index in [1.54, 1.807) is 0 Å². The molecule has 12 heavy (non-hydrogen) atoms. The van der Waals surface area contributed by atoms with E-state index in [-0.39, 0.29) is 0 Å². The molecule has 0 aliphatic carbocycles. The summed E-state index contributed by atoms with van der Waals surface area (Å²) in [6, 6.07) is 0. The van der Waals surface area contributed by atoms with Gasteiger partial charge >= 0.3 is 11.9 Å². The van der Waals surface area contributed by atoms with Crippen LogP contribution in [0.5, 0.6) is 0 Å². The number of hydrogen-bond donors (Lipinski definition) is 2. The van der Waals surface area contributed by atoms with Gasteiger partial charge in [0.1, 0.15) is 0 Å². The third-order valence-electron chi connectivity index (χ3n) is 0.722. The second-order valence-electron chi connectivity index (χ2n) is 1.86. The fourth-order valence-corrected chi connectivity index (χ4v) is 0.143. The molecule has 0 aromatic heterocycles. The summed E-state index contributed by atoms with van der Waals surface area (Å²) >= 11 is 0. The average molecular weight is 173 g/mol. The predicted molar refractivity (Wildman–Crippen MR) is 44.7 cm³/mol. The van der Waals surface area contributed by atoms with Crippen molar-refractivity contribution in [3.05, 3.63) is 19.1 Å². The number of rotatable bonds is 3. The molecule has 0 fully saturated rings. The van der Waals surface area contributed by atoms with E-state index in [9.17, 15) is 9.59 Å². The van der Waals surface area contributed by atoms with Crippen molar-refractivity contribution in [3.63, 3.8) is 0 Å². The van der Waals surface area contributed by atoms with Crippen LogP contribution in [-0.2, 0) is 9.59 Å². The zero-order valence-electron chi connectivity index (χ0n) is 6.99. The molecule has 4 nitrogen and oxygen atoms in total. The standard InChI is InChI=1S/C4H4O4.C4H9/c5-3(6)1-2-4(7)8;1-3-4-2/h1-2H,(H,5,6)(H,7,8);1,3-4H2,2H3/b2-1+;. The second-order valence-corrected chi connectivity index (χ2v) is 1.86. The Hall–Kier alpha value is -1.32. The Kier molecular flexibility index (Phi) is 10.7. The molecule has 0 saturated heterocycles. The highest BCUT2D eigenvalue weighted by Crippen LogP contribution is 1.76. The van der Waals surface area contributed by atoms with Gasteiger partial charge in [-0.2, -0.15) is 0 Å². The van der Waals surface area contributed by atoms with Crippen LogP contribution in [0, 0.1) is 6.92 Å². The van der Waals surface area contributed by atoms with E-state index in [1.165, 1.54) is 6.42 Å². The van der Waals surface area contributed by atoms with Gasteiger partial charge in [0.15, 0.2) is 0 Å². The number of carboxylic acids is 2. The van der Waals surface area contributed by atoms with Gasteiger partial charge in [-0.3, -0.25) is 0 Å². The van der Waals surface area contributed by atoms with Crippen LogP contribution in [0.15, 0.2) is 12.2 Å². The van der Waals surface area contributed by atoms with E-state index in [2.05, 4.69) is 13.8 Å². The average Bonchev–Trinajstić information content (AvgIpc) is 2.01. The van der Waals surface area contributed by atoms with E-state index in [0.717, 1.165) is 6.42 Å². The van der Waals surface area contributed by atoms with Crippen LogP contribution in [0.4, 0.5) is 0 Å². The molecule has 0 unspecified atom stereocenters. The molecule has 0 rings (SSSR count). The maximum Gasteiger partial charge on any atom is 0.328 e. The molecule has 0 aromatic carbocycles. The summed E-state index contributed by atoms with van der Waals surface area (Å²) in [6.07, 6.45) is 3.39. The minimum Gasteiger partial charge on any atom is -0.478 e. The van der Waals surface area contributed by atoms with Crippen molar-refractivity contribution in [3.8, 4) is 0 Å². The van der Waals surface area contributed by atoms with Crippen LogP contribution in [0.3, 0.4) is 0 Å². The lowest BCUT2D eigenvalue weighted by Crippen LogP contribution is -1.91. The number of unbranched alkanes of at least 4 members (excludes halogenated alkanes) is 1. The molecule has 0 heterocycles. The normalized spacial score (nSPS) is 8.83. The molecular formula is C8H13O4. The number of carbonyl (C=O) groups is 2. The Morgan fingerprint density at radius 1 is 1.25 bits per heavy atom. The molecule has 2 N–H and O–H groups in total. The molecular weight excluding hydrogens is 160 g/mol. The van der Waals surface area contributed by atoms with Gasteiger partial charge in [-0.05, 0) is 0 Å². The fraction of sp³-hybridized carbons (Fsp3) is 0.375. The van der Waals surface area contributed by atoms with Crippen molar-refractivity contribution in [2.45, 2.75) is 19.8 Å². The van der Waals surface area contributed by atoms with E-state index in [0.29, 0.717) is 12.2 Å². The van der Waals surface area contributed by atoms with Gasteiger partial charge in [0.05, 0.1) is 0 Å². The molecule has 0 atom stereocenters. The third kappa shape index (κ3) is 23.4. The monoisotopic (exact) mass is 173 g/mol. The Bertz CT molecular complexity index is 142. The molecule has 0 aliphatic rings. The van der Waals surface area contributed by atoms with Crippen molar-refractivity contribution < 1.29 is 19.8 Å². The van der Waals surface area contributed by atoms with Gasteiger partial charge in [0.2, 0.25) is 0 Å². The molecule has 0 spiro atoms. The molecule has 0 bridgehead atoms. The highest BCUT2D eigenvalue weighted by molar-refractivity contribution is 5.89. The molecule has 0 saturated carbocycles. The van der Waals surface area contributed by atoms with E-state index < -0.39 is 11.9 Å². The highest BCUT2D eigenvalue weighted by Gasteiger charge is 1.88. The Balaban J connectivity index is 0. The first-order chi connectivity index (χ1) is 5.54. The van der Waals surface area contributed by atoms with E-state index in [1.807, 2.05) is 0 Å². The van der Waals surface area contributed by atoms with Crippen LogP contribution in [0.1, 0.15) is 19.8 Å². The van der Waals surface area contributed by atoms with Crippen LogP contribution in [0.25, 0.3) is 0 Å². The van der Waals surface area contributed by atoms with Gasteiger partial charge in [0, 0.05) is 12.2 Å². The quantitative estimate of drug-likeness (QED) is 0.631. The number of carboxylic acid groups (broad SMARTS) is 2. The molecule has 0 aliphatic heterocycles. The summed E-state index contributed by atoms with van der Waals surface area (Å²) < 4.78 is 0. The Morgan fingerprint density at radius 2 is 1.50 bits per heavy atom. The Labute approximate surface area is 71.5 Å². The van der Waals surface area contributed by atoms with Gasteiger partial charge < -0.3 is 10.2 Å². The van der Waals surface area contributed by atoms with Gasteiger partial charge in [-0.15, -0.1) is 0 Å². The van der Waals surface area contributed by atoms with Crippen LogP contribution in [0.2, 0.25) is 0 Å². The maximum atomic E-state index is 9.55. The lowest BCUT2D eigenvalue weighted by Gasteiger charge is -1.74. The maximum absolute atomic E-state index is 9.55. The smallest absolute Gasteiger partial charge is 0.328 e. The largest absolute Gasteiger partial charge is 0.478 e. The summed E-state index contributed by atoms with van der Waals surface area (Å²) in [5.41, 5.74) is 0. The molecule has 69 valence electrons. The minimum atomic E-state index is -1.26. The zero-order chi connectivity index (χ0) is 9.98. The molecule has 4 heteroatoms. The number of aliphatic carboxylic acids is 2. The summed E-state index contributed by atoms with van der Waals surface area (Å²) in [5.74, 6) is -2.51. The Morgan fingerprint density at radius 3 is 1.58 bits per heavy atom. The predicted octanol–water partition coefficient (Wildman–Crippen LogP) is 1.33. The van der Waals surface area contributed by atoms with Crippen molar-refractivity contribution in [1.29, 1.82) is 0 Å². The van der Waals surface area contributed by atoms with Gasteiger partial charge in [-0.25, -0.2) is 9.59 Å². The summed E-state index contributed by atoms with van der Waals surface area (Å²) in [7, 11) is 0. The van der Waals surface area contributed by atoms with Crippen LogP contribution in [-0.4, -0.2) is 22.2 Å². The molecule has 1 radical (unpaired) electrons. The zero-order valence-corrected chi connectivity index (χ0v) is 6.99. The lowest BCUT2D eigenvalue weighted by atomic mass is 10.4. The third-order valence-corrected chi connectivity index (χ3v) is 0.722. The summed E-state index contributed by atoms with van der Waals surface area (Å²) in [4.78, 5) is 19.1. The van der Waals surface area contributed by atoms with E-state index >= 15 is 0 Å². The van der Waals surface area contributed by atoms with Gasteiger partial charge in [0.25, 0.3) is 0 Å². The molecule has 0 amide bonds. The summed E-state index contributed by atoms with van der Waals surface area (Å²) in [6.45, 7) is 5.72. The van der Waals surface area contributed by atoms with Crippen molar-refractivity contribution in [1.82, 2.24) is 0 Å². The van der Waals surface area contributed by atoms with Crippen molar-refractivity contribution in [2.24, 2.45) is 0 Å². The second kappa shape index (κ2) is 9.68. The fourth-order valence-electron chi connectivity index (χ4n) is 0.143. The first-order valence-corrected chi connectivity index (χ1v) is 3.47. The number of hydrogen-bond acceptors (Lipinski definition) is 2. The highest BCUT2D eigenvalue weighted by atomic mass is 16.4. The first-order valence-electron chi connectivity index (χ1n) is 3.47. The summed E-state index contributed by atoms with van der Waals surface area (Å²) in [5, 5.41) is 15.6. The van der Waals surface area contributed by atoms with E-state index in [4.69, 9.17) is 10.2 Å². The lowest BCUT2D eigenvalue weighted by molar-refractivity contribution is -0.134. The SMILES string of the molecule is O=C(O)/C=C/C(=O)O.[CH2]CCC. The van der Waals surface area contributed by atoms with Crippen LogP contribution < -0.4 is 0 Å². The van der Waals surface area contributed by atoms with Gasteiger partial charge in [-0.1, -0.05) is 26.7 Å². The minimum absolute atomic E-state index is 0.558.